The quantitative estimate of drug-likeness (QED) is 0.394. The number of thiocarbonyl (C=S) groups is 2. The molecule has 0 bridgehead atoms. The van der Waals surface area contributed by atoms with Crippen LogP contribution in [0.25, 0.3) is 10.8 Å². The van der Waals surface area contributed by atoms with E-state index in [0.717, 1.165) is 0 Å². The maximum atomic E-state index is 7.13. The Morgan fingerprint density at radius 2 is 1.00 bits per heavy atom. The lowest BCUT2D eigenvalue weighted by Crippen LogP contribution is -3.06. The molecule has 0 fully saturated rings. The fraction of sp³-hybridized carbons (Fsp3) is 0.800. The van der Waals surface area contributed by atoms with Crippen LogP contribution >= 0.6 is 24.4 Å². The molecular weight excluding hydrogens is 240 g/mol. The number of isothiocyanates is 2. The van der Waals surface area contributed by atoms with Gasteiger partial charge in [0.05, 0.1) is 41.3 Å². The van der Waals surface area contributed by atoms with Gasteiger partial charge in [0, 0.05) is 12.8 Å². The molecule has 0 radical (unpaired) electrons. The van der Waals surface area contributed by atoms with Crippen LogP contribution in [0, 0.1) is 0 Å². The van der Waals surface area contributed by atoms with Crippen molar-refractivity contribution in [1.29, 1.82) is 0 Å². The van der Waals surface area contributed by atoms with Crippen LogP contribution < -0.4 is 9.80 Å². The average molecular weight is 262 g/mol. The summed E-state index contributed by atoms with van der Waals surface area (Å²) in [5.41, 5.74) is 0. The molecule has 94 valence electrons. The average Bonchev–Trinajstić information content (AvgIpc) is 2.14. The summed E-state index contributed by atoms with van der Waals surface area (Å²) in [5.74, 6) is 0. The van der Waals surface area contributed by atoms with Crippen molar-refractivity contribution in [1.82, 2.24) is 0 Å². The molecule has 0 saturated carbocycles. The van der Waals surface area contributed by atoms with Gasteiger partial charge in [-0.1, -0.05) is 24.4 Å². The van der Waals surface area contributed by atoms with Crippen LogP contribution in [0.5, 0.6) is 0 Å². The van der Waals surface area contributed by atoms with E-state index in [2.05, 4.69) is 52.6 Å². The Hall–Kier alpha value is -0.480. The number of rotatable bonds is 5. The SMILES string of the molecule is C[NH+](C)CCCC[NH+](C)C.[N-]=C=S.[N-]=C=S. The van der Waals surface area contributed by atoms with E-state index in [1.807, 2.05) is 0 Å². The summed E-state index contributed by atoms with van der Waals surface area (Å²) in [7, 11) is 8.84. The first-order valence-electron chi connectivity index (χ1n) is 5.06. The maximum absolute atomic E-state index is 7.13. The second kappa shape index (κ2) is 20.0. The van der Waals surface area contributed by atoms with Crippen LogP contribution in [-0.4, -0.2) is 51.6 Å². The summed E-state index contributed by atoms with van der Waals surface area (Å²) in [6, 6.07) is 0. The first-order valence-corrected chi connectivity index (χ1v) is 5.88. The van der Waals surface area contributed by atoms with Crippen molar-refractivity contribution in [2.45, 2.75) is 12.8 Å². The third-order valence-corrected chi connectivity index (χ3v) is 1.60. The highest BCUT2D eigenvalue weighted by Crippen LogP contribution is 1.77. The molecule has 0 rings (SSSR count). The van der Waals surface area contributed by atoms with E-state index < -0.39 is 0 Å². The van der Waals surface area contributed by atoms with E-state index in [-0.39, 0.29) is 0 Å². The van der Waals surface area contributed by atoms with E-state index in [9.17, 15) is 0 Å². The van der Waals surface area contributed by atoms with Crippen LogP contribution in [0.4, 0.5) is 0 Å². The van der Waals surface area contributed by atoms with Gasteiger partial charge in [-0.05, 0) is 0 Å². The van der Waals surface area contributed by atoms with Gasteiger partial charge in [-0.2, -0.15) is 10.3 Å². The topological polar surface area (TPSA) is 53.5 Å². The lowest BCUT2D eigenvalue weighted by atomic mass is 10.3. The number of hydrogen-bond donors (Lipinski definition) is 2. The van der Waals surface area contributed by atoms with Gasteiger partial charge >= 0.3 is 0 Å². The first kappa shape index (κ1) is 20.9. The van der Waals surface area contributed by atoms with Gasteiger partial charge in [-0.25, -0.2) is 0 Å². The number of nitrogens with zero attached hydrogens (tertiary/aromatic N) is 2. The molecule has 0 amide bonds. The van der Waals surface area contributed by atoms with E-state index in [0.29, 0.717) is 0 Å². The van der Waals surface area contributed by atoms with Gasteiger partial charge in [0.15, 0.2) is 0 Å². The van der Waals surface area contributed by atoms with E-state index >= 15 is 0 Å². The Morgan fingerprint density at radius 1 is 0.812 bits per heavy atom. The Kier molecular flexibility index (Phi) is 26.1. The van der Waals surface area contributed by atoms with Crippen molar-refractivity contribution in [3.05, 3.63) is 10.8 Å². The summed E-state index contributed by atoms with van der Waals surface area (Å²) in [6.45, 7) is 2.63. The zero-order valence-corrected chi connectivity index (χ0v) is 12.2. The highest BCUT2D eigenvalue weighted by molar-refractivity contribution is 7.78. The molecule has 0 saturated heterocycles. The maximum Gasteiger partial charge on any atom is 0.0769 e. The van der Waals surface area contributed by atoms with Crippen LogP contribution in [0.3, 0.4) is 0 Å². The number of unbranched alkanes of at least 4 members (excludes halogenated alkanes) is 1. The standard InChI is InChI=1S/C8H20N2.2CNS/c1-9(2)7-5-6-8-10(3)4;2*2-1-3/h5-8H2,1-4H3;;/q;2*-1/p+2. The van der Waals surface area contributed by atoms with Crippen LogP contribution in [0.2, 0.25) is 0 Å². The van der Waals surface area contributed by atoms with Crippen LogP contribution in [0.15, 0.2) is 0 Å². The van der Waals surface area contributed by atoms with Gasteiger partial charge in [0.2, 0.25) is 0 Å². The Morgan fingerprint density at radius 3 is 1.12 bits per heavy atom. The molecule has 0 spiro atoms. The molecule has 16 heavy (non-hydrogen) atoms. The monoisotopic (exact) mass is 262 g/mol. The second-order valence-corrected chi connectivity index (χ2v) is 4.17. The number of nitrogens with one attached hydrogen (secondary N) is 2. The molecule has 0 aromatic rings. The highest BCUT2D eigenvalue weighted by Gasteiger charge is 1.95. The normalized spacial score (nSPS) is 8.12. The van der Waals surface area contributed by atoms with Gasteiger partial charge < -0.3 is 20.6 Å². The minimum atomic E-state index is 1.31. The van der Waals surface area contributed by atoms with Gasteiger partial charge in [0.1, 0.15) is 0 Å². The summed E-state index contributed by atoms with van der Waals surface area (Å²) in [4.78, 5) is 3.13. The van der Waals surface area contributed by atoms with Crippen molar-refractivity contribution < 1.29 is 9.80 Å². The van der Waals surface area contributed by atoms with Gasteiger partial charge in [-0.3, -0.25) is 0 Å². The molecule has 6 heteroatoms. The third kappa shape index (κ3) is 49.9. The molecule has 4 nitrogen and oxygen atoms in total. The van der Waals surface area contributed by atoms with Crippen LogP contribution in [0.1, 0.15) is 12.8 Å². The second-order valence-electron chi connectivity index (χ2n) is 3.80. The zero-order chi connectivity index (χ0) is 13.4. The smallest absolute Gasteiger partial charge is 0.0769 e. The molecule has 0 aliphatic rings. The molecule has 0 aromatic carbocycles. The predicted octanol–water partition coefficient (Wildman–Crippen LogP) is -0.627. The van der Waals surface area contributed by atoms with Crippen molar-refractivity contribution in [3.63, 3.8) is 0 Å². The fourth-order valence-electron chi connectivity index (χ4n) is 0.957. The van der Waals surface area contributed by atoms with Crippen molar-refractivity contribution >= 4 is 34.8 Å². The lowest BCUT2D eigenvalue weighted by Gasteiger charge is -2.08. The van der Waals surface area contributed by atoms with Crippen molar-refractivity contribution in [2.24, 2.45) is 0 Å². The third-order valence-electron chi connectivity index (χ3n) is 1.60. The predicted molar refractivity (Wildman–Crippen MR) is 76.5 cm³/mol. The number of quaternary nitrogens is 2. The van der Waals surface area contributed by atoms with Crippen molar-refractivity contribution in [3.8, 4) is 0 Å². The summed E-state index contributed by atoms with van der Waals surface area (Å²) < 4.78 is 0. The zero-order valence-electron chi connectivity index (χ0n) is 10.5. The molecule has 0 atom stereocenters. The van der Waals surface area contributed by atoms with E-state index in [1.54, 1.807) is 9.80 Å². The largest absolute Gasteiger partial charge is 0.753 e. The minimum absolute atomic E-state index is 1.31. The van der Waals surface area contributed by atoms with Crippen molar-refractivity contribution in [2.75, 3.05) is 41.3 Å². The Bertz CT molecular complexity index is 171. The molecule has 0 aliphatic heterocycles. The van der Waals surface area contributed by atoms with E-state index in [1.165, 1.54) is 36.3 Å². The molecule has 0 aliphatic carbocycles. The summed E-state index contributed by atoms with van der Waals surface area (Å²) in [5, 5.41) is 16.9. The minimum Gasteiger partial charge on any atom is -0.753 e. The summed E-state index contributed by atoms with van der Waals surface area (Å²) >= 11 is 7.40. The fourth-order valence-corrected chi connectivity index (χ4v) is 0.957. The first-order chi connectivity index (χ1) is 7.45. The molecule has 0 heterocycles. The Labute approximate surface area is 110 Å². The molecule has 0 unspecified atom stereocenters. The van der Waals surface area contributed by atoms with E-state index in [4.69, 9.17) is 10.8 Å². The molecule has 2 N–H and O–H groups in total. The highest BCUT2D eigenvalue weighted by atomic mass is 32.1. The van der Waals surface area contributed by atoms with Gasteiger partial charge in [0.25, 0.3) is 0 Å². The molecule has 0 aromatic heterocycles. The van der Waals surface area contributed by atoms with Crippen LogP contribution in [-0.2, 0) is 0 Å². The molecular formula is C10H22N4S2. The van der Waals surface area contributed by atoms with Gasteiger partial charge in [-0.15, -0.1) is 0 Å². The lowest BCUT2D eigenvalue weighted by molar-refractivity contribution is -0.865. The number of hydrogen-bond acceptors (Lipinski definition) is 2. The Balaban J connectivity index is -0.000000235. The summed E-state index contributed by atoms with van der Waals surface area (Å²) in [6.07, 6.45) is 2.74.